The van der Waals surface area contributed by atoms with Crippen molar-refractivity contribution < 1.29 is 32.2 Å². The molecule has 5 rings (SSSR count). The number of urea groups is 1. The molecule has 10 nitrogen and oxygen atoms in total. The van der Waals surface area contributed by atoms with Gasteiger partial charge in [0.05, 0.1) is 24.2 Å². The van der Waals surface area contributed by atoms with Gasteiger partial charge in [0.25, 0.3) is 0 Å². The van der Waals surface area contributed by atoms with Crippen LogP contribution in [-0.4, -0.2) is 51.1 Å². The molecule has 0 aliphatic carbocycles. The highest BCUT2D eigenvalue weighted by Gasteiger charge is 2.33. The summed E-state index contributed by atoms with van der Waals surface area (Å²) in [6, 6.07) is 15.5. The first-order valence-corrected chi connectivity index (χ1v) is 15.0. The smallest absolute Gasteiger partial charge is 0.496 e. The fourth-order valence-electron chi connectivity index (χ4n) is 4.62. The number of carbonyl (C=O) groups is 2. The van der Waals surface area contributed by atoms with E-state index in [4.69, 9.17) is 4.74 Å². The molecule has 4 aromatic rings. The predicted octanol–water partition coefficient (Wildman–Crippen LogP) is 7.44. The number of ether oxygens (including phenoxy) is 2. The van der Waals surface area contributed by atoms with E-state index in [2.05, 4.69) is 25.1 Å². The SMILES string of the molecule is COc1cc(NC(=O)/N=C2\SCC(=O)N2c2cc(C)ccc2C(C)C)ccc1/C=C/c1ncn(-c2ccc(OC(F)(F)F)cc2)n1. The van der Waals surface area contributed by atoms with Crippen LogP contribution in [0.15, 0.2) is 72.0 Å². The van der Waals surface area contributed by atoms with Crippen LogP contribution in [0.4, 0.5) is 29.3 Å². The molecule has 1 saturated heterocycles. The van der Waals surface area contributed by atoms with Crippen LogP contribution in [-0.2, 0) is 4.79 Å². The van der Waals surface area contributed by atoms with Crippen molar-refractivity contribution in [3.8, 4) is 17.2 Å². The summed E-state index contributed by atoms with van der Waals surface area (Å²) in [5, 5.41) is 7.37. The van der Waals surface area contributed by atoms with Crippen molar-refractivity contribution in [3.63, 3.8) is 0 Å². The zero-order valence-electron chi connectivity index (χ0n) is 25.2. The highest BCUT2D eigenvalue weighted by Crippen LogP contribution is 2.34. The molecule has 0 bridgehead atoms. The fraction of sp³-hybridized carbons (Fsp3) is 0.219. The first kappa shape index (κ1) is 32.3. The largest absolute Gasteiger partial charge is 0.573 e. The number of hydrogen-bond acceptors (Lipinski definition) is 7. The number of thioether (sulfide) groups is 1. The van der Waals surface area contributed by atoms with Crippen molar-refractivity contribution in [2.24, 2.45) is 4.99 Å². The van der Waals surface area contributed by atoms with Gasteiger partial charge in [-0.1, -0.05) is 37.7 Å². The van der Waals surface area contributed by atoms with Gasteiger partial charge in [-0.3, -0.25) is 9.69 Å². The van der Waals surface area contributed by atoms with Crippen LogP contribution < -0.4 is 19.7 Å². The average molecular weight is 651 g/mol. The second-order valence-electron chi connectivity index (χ2n) is 10.4. The number of aliphatic imine (C=N–C) groups is 1. The Kier molecular flexibility index (Phi) is 9.46. The number of rotatable bonds is 8. The third kappa shape index (κ3) is 7.75. The topological polar surface area (TPSA) is 111 Å². The number of aromatic nitrogens is 3. The number of methoxy groups -OCH3 is 1. The van der Waals surface area contributed by atoms with E-state index in [0.29, 0.717) is 33.7 Å². The quantitative estimate of drug-likeness (QED) is 0.211. The Labute approximate surface area is 266 Å². The van der Waals surface area contributed by atoms with Gasteiger partial charge in [-0.25, -0.2) is 14.5 Å². The first-order chi connectivity index (χ1) is 21.9. The van der Waals surface area contributed by atoms with Crippen molar-refractivity contribution in [2.75, 3.05) is 23.1 Å². The predicted molar refractivity (Wildman–Crippen MR) is 172 cm³/mol. The third-order valence-electron chi connectivity index (χ3n) is 6.75. The van der Waals surface area contributed by atoms with Gasteiger partial charge >= 0.3 is 12.4 Å². The van der Waals surface area contributed by atoms with E-state index in [1.165, 1.54) is 59.0 Å². The molecule has 238 valence electrons. The van der Waals surface area contributed by atoms with Crippen molar-refractivity contribution in [1.82, 2.24) is 14.8 Å². The molecule has 0 atom stereocenters. The molecule has 1 fully saturated rings. The number of hydrogen-bond donors (Lipinski definition) is 1. The van der Waals surface area contributed by atoms with Gasteiger partial charge in [0.1, 0.15) is 17.8 Å². The lowest BCUT2D eigenvalue weighted by atomic mass is 9.99. The number of alkyl halides is 3. The van der Waals surface area contributed by atoms with Gasteiger partial charge < -0.3 is 14.8 Å². The molecule has 0 radical (unpaired) electrons. The molecule has 1 N–H and O–H groups in total. The summed E-state index contributed by atoms with van der Waals surface area (Å²) in [5.74, 6) is 0.659. The summed E-state index contributed by atoms with van der Waals surface area (Å²) in [6.07, 6.45) is 0.0112. The highest BCUT2D eigenvalue weighted by molar-refractivity contribution is 8.15. The van der Waals surface area contributed by atoms with Gasteiger partial charge in [-0.05, 0) is 78.6 Å². The van der Waals surface area contributed by atoms with E-state index >= 15 is 0 Å². The number of carbonyl (C=O) groups excluding carboxylic acids is 2. The zero-order chi connectivity index (χ0) is 33.0. The lowest BCUT2D eigenvalue weighted by molar-refractivity contribution is -0.274. The minimum atomic E-state index is -4.77. The standard InChI is InChI=1S/C32H29F3N6O4S/c1-19(2)25-13-5-20(3)15-26(25)41-29(42)17-46-31(41)38-30(43)37-22-8-6-21(27(16-22)44-4)7-14-28-36-18-40(39-28)23-9-11-24(12-10-23)45-32(33,34)35/h5-16,18-19H,17H2,1-4H3,(H,37,43)/b14-7+,38-31-. The molecule has 3 aromatic carbocycles. The third-order valence-corrected chi connectivity index (χ3v) is 7.68. The minimum absolute atomic E-state index is 0.144. The zero-order valence-corrected chi connectivity index (χ0v) is 26.0. The number of amides is 3. The molecule has 3 amide bonds. The number of amidine groups is 1. The maximum Gasteiger partial charge on any atom is 0.573 e. The number of anilines is 2. The van der Waals surface area contributed by atoms with E-state index in [1.54, 1.807) is 30.4 Å². The lowest BCUT2D eigenvalue weighted by Crippen LogP contribution is -2.31. The molecule has 1 aliphatic rings. The molecule has 1 aromatic heterocycles. The monoisotopic (exact) mass is 650 g/mol. The molecule has 0 unspecified atom stereocenters. The van der Waals surface area contributed by atoms with Crippen molar-refractivity contribution in [2.45, 2.75) is 33.1 Å². The Morgan fingerprint density at radius 1 is 1.09 bits per heavy atom. The van der Waals surface area contributed by atoms with Crippen LogP contribution in [0.2, 0.25) is 0 Å². The van der Waals surface area contributed by atoms with Gasteiger partial charge in [-0.15, -0.1) is 18.3 Å². The molecular formula is C32H29F3N6O4S. The molecular weight excluding hydrogens is 621 g/mol. The summed E-state index contributed by atoms with van der Waals surface area (Å²) >= 11 is 1.21. The maximum absolute atomic E-state index is 13.0. The van der Waals surface area contributed by atoms with Crippen molar-refractivity contribution in [3.05, 3.63) is 89.5 Å². The van der Waals surface area contributed by atoms with E-state index in [-0.39, 0.29) is 23.3 Å². The van der Waals surface area contributed by atoms with E-state index in [1.807, 2.05) is 39.0 Å². The van der Waals surface area contributed by atoms with Crippen molar-refractivity contribution >= 4 is 52.4 Å². The van der Waals surface area contributed by atoms with Gasteiger partial charge in [0, 0.05) is 17.3 Å². The number of benzene rings is 3. The molecule has 14 heteroatoms. The number of halogens is 3. The number of nitrogens with one attached hydrogen (secondary N) is 1. The summed E-state index contributed by atoms with van der Waals surface area (Å²) in [6.45, 7) is 6.04. The van der Waals surface area contributed by atoms with E-state index in [0.717, 1.165) is 16.8 Å². The maximum atomic E-state index is 13.0. The van der Waals surface area contributed by atoms with Crippen LogP contribution >= 0.6 is 11.8 Å². The van der Waals surface area contributed by atoms with Crippen LogP contribution in [0, 0.1) is 6.92 Å². The molecule has 2 heterocycles. The molecule has 46 heavy (non-hydrogen) atoms. The summed E-state index contributed by atoms with van der Waals surface area (Å²) in [5.41, 5.74) is 4.29. The van der Waals surface area contributed by atoms with Crippen LogP contribution in [0.25, 0.3) is 17.8 Å². The number of nitrogens with zero attached hydrogens (tertiary/aromatic N) is 5. The summed E-state index contributed by atoms with van der Waals surface area (Å²) < 4.78 is 48.1. The van der Waals surface area contributed by atoms with Gasteiger partial charge in [0.2, 0.25) is 5.91 Å². The average Bonchev–Trinajstić information content (AvgIpc) is 3.62. The molecule has 0 saturated carbocycles. The molecule has 0 spiro atoms. The highest BCUT2D eigenvalue weighted by atomic mass is 32.2. The fourth-order valence-corrected chi connectivity index (χ4v) is 5.48. The first-order valence-electron chi connectivity index (χ1n) is 14.0. The Hall–Kier alpha value is -5.11. The van der Waals surface area contributed by atoms with Gasteiger partial charge in [0.15, 0.2) is 11.0 Å². The van der Waals surface area contributed by atoms with E-state index in [9.17, 15) is 22.8 Å². The Morgan fingerprint density at radius 2 is 1.85 bits per heavy atom. The van der Waals surface area contributed by atoms with Gasteiger partial charge in [-0.2, -0.15) is 4.99 Å². The Balaban J connectivity index is 1.28. The second-order valence-corrected chi connectivity index (χ2v) is 11.4. The summed E-state index contributed by atoms with van der Waals surface area (Å²) in [4.78, 5) is 35.7. The normalized spacial score (nSPS) is 14.5. The van der Waals surface area contributed by atoms with Crippen molar-refractivity contribution in [1.29, 1.82) is 0 Å². The Bertz CT molecular complexity index is 1820. The van der Waals surface area contributed by atoms with Crippen LogP contribution in [0.3, 0.4) is 0 Å². The van der Waals surface area contributed by atoms with E-state index < -0.39 is 12.4 Å². The second kappa shape index (κ2) is 13.5. The minimum Gasteiger partial charge on any atom is -0.496 e. The summed E-state index contributed by atoms with van der Waals surface area (Å²) in [7, 11) is 1.49. The molecule has 1 aliphatic heterocycles. The lowest BCUT2D eigenvalue weighted by Gasteiger charge is -2.22. The van der Waals surface area contributed by atoms with Crippen LogP contribution in [0.5, 0.6) is 11.5 Å². The van der Waals surface area contributed by atoms with Crippen LogP contribution in [0.1, 0.15) is 42.3 Å². The Morgan fingerprint density at radius 3 is 2.54 bits per heavy atom. The number of aryl methyl sites for hydroxylation is 1.